The van der Waals surface area contributed by atoms with Gasteiger partial charge in [0.25, 0.3) is 0 Å². The average Bonchev–Trinajstić information content (AvgIpc) is 2.63. The van der Waals surface area contributed by atoms with Crippen molar-refractivity contribution in [2.45, 2.75) is 70.0 Å². The van der Waals surface area contributed by atoms with Crippen LogP contribution in [-0.2, 0) is 0 Å². The van der Waals surface area contributed by atoms with Crippen LogP contribution in [0.3, 0.4) is 0 Å². The van der Waals surface area contributed by atoms with Gasteiger partial charge in [-0.05, 0) is 70.1 Å². The molecule has 0 radical (unpaired) electrons. The molecular weight excluding hydrogens is 360 g/mol. The number of piperidine rings is 1. The predicted octanol–water partition coefficient (Wildman–Crippen LogP) is 3.83. The molecule has 1 aromatic rings. The van der Waals surface area contributed by atoms with Crippen molar-refractivity contribution in [1.29, 1.82) is 0 Å². The third-order valence-corrected chi connectivity index (χ3v) is 6.46. The first-order valence-electron chi connectivity index (χ1n) is 10.1. The highest BCUT2D eigenvalue weighted by molar-refractivity contribution is 6.33. The van der Waals surface area contributed by atoms with Crippen LogP contribution in [0.1, 0.15) is 58.3 Å². The van der Waals surface area contributed by atoms with Gasteiger partial charge < -0.3 is 16.4 Å². The molecule has 2 heterocycles. The minimum Gasteiger partial charge on any atom is -0.369 e. The normalized spacial score (nSPS) is 25.3. The molecule has 3 aliphatic rings. The SMILES string of the molecule is CC1CCCCN1c1ccc(N2C(N)=NC(N)=NC23CCCCC3)cc1Cl. The quantitative estimate of drug-likeness (QED) is 0.806. The molecule has 146 valence electrons. The van der Waals surface area contributed by atoms with Crippen LogP contribution in [0, 0.1) is 0 Å². The van der Waals surface area contributed by atoms with Gasteiger partial charge in [0, 0.05) is 18.3 Å². The largest absolute Gasteiger partial charge is 0.369 e. The fourth-order valence-corrected chi connectivity index (χ4v) is 5.10. The van der Waals surface area contributed by atoms with Crippen LogP contribution < -0.4 is 21.3 Å². The summed E-state index contributed by atoms with van der Waals surface area (Å²) in [5, 5.41) is 0.752. The second-order valence-electron chi connectivity index (χ2n) is 7.99. The lowest BCUT2D eigenvalue weighted by atomic mass is 9.87. The zero-order valence-corrected chi connectivity index (χ0v) is 16.8. The summed E-state index contributed by atoms with van der Waals surface area (Å²) in [7, 11) is 0. The Bertz CT molecular complexity index is 768. The molecule has 2 aliphatic heterocycles. The Morgan fingerprint density at radius 1 is 1.11 bits per heavy atom. The molecule has 7 heteroatoms. The summed E-state index contributed by atoms with van der Waals surface area (Å²) in [6, 6.07) is 6.73. The number of nitrogens with zero attached hydrogens (tertiary/aromatic N) is 4. The molecule has 4 N–H and O–H groups in total. The molecule has 1 aromatic carbocycles. The summed E-state index contributed by atoms with van der Waals surface area (Å²) < 4.78 is 0. The fourth-order valence-electron chi connectivity index (χ4n) is 4.82. The summed E-state index contributed by atoms with van der Waals surface area (Å²) in [6.45, 7) is 3.32. The van der Waals surface area contributed by atoms with Gasteiger partial charge in [0.05, 0.1) is 10.7 Å². The van der Waals surface area contributed by atoms with E-state index in [-0.39, 0.29) is 5.96 Å². The highest BCUT2D eigenvalue weighted by Gasteiger charge is 2.42. The first kappa shape index (κ1) is 18.4. The van der Waals surface area contributed by atoms with Gasteiger partial charge in [0.2, 0.25) is 11.9 Å². The summed E-state index contributed by atoms with van der Waals surface area (Å²) >= 11 is 6.74. The lowest BCUT2D eigenvalue weighted by Gasteiger charge is -2.45. The number of anilines is 2. The smallest absolute Gasteiger partial charge is 0.220 e. The Labute approximate surface area is 166 Å². The second-order valence-corrected chi connectivity index (χ2v) is 8.40. The zero-order chi connectivity index (χ0) is 19.0. The van der Waals surface area contributed by atoms with Gasteiger partial charge in [-0.3, -0.25) is 4.90 Å². The van der Waals surface area contributed by atoms with Crippen molar-refractivity contribution in [3.63, 3.8) is 0 Å². The van der Waals surface area contributed by atoms with E-state index in [4.69, 9.17) is 28.1 Å². The standard InChI is InChI=1S/C20H29ClN6/c1-14-7-3-6-12-26(14)17-9-8-15(13-16(17)21)27-19(23)24-18(22)25-20(27)10-4-2-5-11-20/h8-9,13-14H,2-7,10-12H2,1H3,(H4,22,23,24,25). The predicted molar refractivity (Wildman–Crippen MR) is 114 cm³/mol. The Kier molecular flexibility index (Phi) is 4.93. The molecule has 6 nitrogen and oxygen atoms in total. The first-order chi connectivity index (χ1) is 13.0. The average molecular weight is 389 g/mol. The summed E-state index contributed by atoms with van der Waals surface area (Å²) in [4.78, 5) is 13.4. The number of benzene rings is 1. The topological polar surface area (TPSA) is 83.2 Å². The lowest BCUT2D eigenvalue weighted by molar-refractivity contribution is 0.305. The van der Waals surface area contributed by atoms with Crippen molar-refractivity contribution >= 4 is 34.9 Å². The number of nitrogens with two attached hydrogens (primary N) is 2. The maximum Gasteiger partial charge on any atom is 0.220 e. The van der Waals surface area contributed by atoms with E-state index in [1.54, 1.807) is 0 Å². The van der Waals surface area contributed by atoms with Gasteiger partial charge in [-0.15, -0.1) is 0 Å². The van der Waals surface area contributed by atoms with Crippen LogP contribution in [0.4, 0.5) is 11.4 Å². The Morgan fingerprint density at radius 2 is 1.89 bits per heavy atom. The van der Waals surface area contributed by atoms with Crippen molar-refractivity contribution in [3.8, 4) is 0 Å². The molecule has 2 fully saturated rings. The molecule has 1 spiro atoms. The number of aliphatic imine (C=N–C) groups is 2. The van der Waals surface area contributed by atoms with Gasteiger partial charge in [-0.1, -0.05) is 18.0 Å². The highest BCUT2D eigenvalue weighted by atomic mass is 35.5. The van der Waals surface area contributed by atoms with E-state index in [0.29, 0.717) is 12.0 Å². The number of rotatable bonds is 2. The van der Waals surface area contributed by atoms with E-state index >= 15 is 0 Å². The number of hydrogen-bond donors (Lipinski definition) is 2. The molecule has 27 heavy (non-hydrogen) atoms. The van der Waals surface area contributed by atoms with E-state index < -0.39 is 5.66 Å². The molecule has 1 saturated heterocycles. The summed E-state index contributed by atoms with van der Waals surface area (Å²) in [5.74, 6) is 0.676. The monoisotopic (exact) mass is 388 g/mol. The molecule has 1 saturated carbocycles. The zero-order valence-electron chi connectivity index (χ0n) is 16.0. The van der Waals surface area contributed by atoms with Gasteiger partial charge in [0.15, 0.2) is 0 Å². The van der Waals surface area contributed by atoms with E-state index in [2.05, 4.69) is 28.9 Å². The molecule has 1 aliphatic carbocycles. The molecule has 0 amide bonds. The third-order valence-electron chi connectivity index (χ3n) is 6.15. The summed E-state index contributed by atoms with van der Waals surface area (Å²) in [6.07, 6.45) is 8.99. The lowest BCUT2D eigenvalue weighted by Crippen LogP contribution is -2.58. The number of hydrogen-bond acceptors (Lipinski definition) is 6. The van der Waals surface area contributed by atoms with Crippen LogP contribution in [0.5, 0.6) is 0 Å². The third kappa shape index (κ3) is 3.35. The summed E-state index contributed by atoms with van der Waals surface area (Å²) in [5.41, 5.74) is 13.9. The van der Waals surface area contributed by atoms with Crippen LogP contribution >= 0.6 is 11.6 Å². The Hall–Kier alpha value is -1.95. The van der Waals surface area contributed by atoms with E-state index in [9.17, 15) is 0 Å². The maximum absolute atomic E-state index is 6.74. The van der Waals surface area contributed by atoms with Crippen LogP contribution in [-0.4, -0.2) is 30.2 Å². The molecule has 1 unspecified atom stereocenters. The van der Waals surface area contributed by atoms with Crippen molar-refractivity contribution in [2.75, 3.05) is 16.3 Å². The van der Waals surface area contributed by atoms with Gasteiger partial charge in [-0.25, -0.2) is 4.99 Å². The Balaban J connectivity index is 1.69. The van der Waals surface area contributed by atoms with Gasteiger partial charge >= 0.3 is 0 Å². The van der Waals surface area contributed by atoms with E-state index in [0.717, 1.165) is 48.6 Å². The maximum atomic E-state index is 6.74. The second kappa shape index (κ2) is 7.23. The number of guanidine groups is 2. The van der Waals surface area contributed by atoms with Crippen molar-refractivity contribution in [2.24, 2.45) is 21.5 Å². The first-order valence-corrected chi connectivity index (χ1v) is 10.4. The van der Waals surface area contributed by atoms with Crippen molar-refractivity contribution in [1.82, 2.24) is 0 Å². The minimum absolute atomic E-state index is 0.274. The molecule has 0 bridgehead atoms. The Morgan fingerprint density at radius 3 is 2.59 bits per heavy atom. The van der Waals surface area contributed by atoms with E-state index in [1.165, 1.54) is 25.7 Å². The highest BCUT2D eigenvalue weighted by Crippen LogP contribution is 2.41. The molecular formula is C20H29ClN6. The molecule has 4 rings (SSSR count). The minimum atomic E-state index is -0.433. The van der Waals surface area contributed by atoms with Gasteiger partial charge in [-0.2, -0.15) is 4.99 Å². The fraction of sp³-hybridized carbons (Fsp3) is 0.600. The van der Waals surface area contributed by atoms with Crippen LogP contribution in [0.15, 0.2) is 28.2 Å². The number of halogens is 1. The van der Waals surface area contributed by atoms with Gasteiger partial charge in [0.1, 0.15) is 5.66 Å². The van der Waals surface area contributed by atoms with Crippen molar-refractivity contribution < 1.29 is 0 Å². The van der Waals surface area contributed by atoms with Crippen LogP contribution in [0.25, 0.3) is 0 Å². The van der Waals surface area contributed by atoms with Crippen LogP contribution in [0.2, 0.25) is 5.02 Å². The molecule has 1 atom stereocenters. The van der Waals surface area contributed by atoms with E-state index in [1.807, 2.05) is 11.0 Å². The van der Waals surface area contributed by atoms with Crippen molar-refractivity contribution in [3.05, 3.63) is 23.2 Å². The molecule has 0 aromatic heterocycles.